The molecule has 1 heterocycles. The normalized spacial score (nSPS) is 10.9. The summed E-state index contributed by atoms with van der Waals surface area (Å²) < 4.78 is 5.23. The lowest BCUT2D eigenvalue weighted by Gasteiger charge is -2.23. The number of nitrogens with zero attached hydrogens (tertiary/aromatic N) is 2. The lowest BCUT2D eigenvalue weighted by molar-refractivity contribution is -0.131. The van der Waals surface area contributed by atoms with Crippen molar-refractivity contribution in [1.29, 1.82) is 0 Å². The van der Waals surface area contributed by atoms with E-state index in [0.29, 0.717) is 5.89 Å². The molecule has 0 spiro atoms. The molecular weight excluding hydrogens is 246 g/mol. The van der Waals surface area contributed by atoms with Crippen molar-refractivity contribution in [2.24, 2.45) is 0 Å². The van der Waals surface area contributed by atoms with E-state index in [1.807, 2.05) is 27.7 Å². The molecule has 2 amide bonds. The molecule has 0 aliphatic rings. The van der Waals surface area contributed by atoms with Crippen LogP contribution in [0.1, 0.15) is 51.0 Å². The third kappa shape index (κ3) is 4.39. The number of aromatic nitrogens is 1. The Hall–Kier alpha value is -1.85. The van der Waals surface area contributed by atoms with Crippen molar-refractivity contribution in [3.8, 4) is 0 Å². The van der Waals surface area contributed by atoms with E-state index in [4.69, 9.17) is 4.42 Å². The maximum Gasteiger partial charge on any atom is 0.273 e. The molecule has 6 nitrogen and oxygen atoms in total. The fourth-order valence-corrected chi connectivity index (χ4v) is 1.63. The summed E-state index contributed by atoms with van der Waals surface area (Å²) in [6.45, 7) is 9.33. The lowest BCUT2D eigenvalue weighted by Crippen LogP contribution is -2.34. The van der Waals surface area contributed by atoms with Crippen LogP contribution in [0.3, 0.4) is 0 Å². The molecule has 0 atom stereocenters. The van der Waals surface area contributed by atoms with Gasteiger partial charge < -0.3 is 14.6 Å². The minimum atomic E-state index is -0.274. The molecule has 19 heavy (non-hydrogen) atoms. The number of carbonyl (C=O) groups excluding carboxylic acids is 2. The van der Waals surface area contributed by atoms with Gasteiger partial charge in [0.2, 0.25) is 11.8 Å². The van der Waals surface area contributed by atoms with Crippen molar-refractivity contribution in [1.82, 2.24) is 15.2 Å². The number of nitrogens with one attached hydrogen (secondary N) is 1. The Morgan fingerprint density at radius 2 is 2.00 bits per heavy atom. The van der Waals surface area contributed by atoms with Crippen molar-refractivity contribution < 1.29 is 14.0 Å². The van der Waals surface area contributed by atoms with E-state index in [-0.39, 0.29) is 36.1 Å². The van der Waals surface area contributed by atoms with Gasteiger partial charge in [0.15, 0.2) is 5.69 Å². The summed E-state index contributed by atoms with van der Waals surface area (Å²) in [4.78, 5) is 28.9. The van der Waals surface area contributed by atoms with Crippen molar-refractivity contribution in [2.45, 2.75) is 53.2 Å². The molecule has 1 aromatic heterocycles. The van der Waals surface area contributed by atoms with Gasteiger partial charge in [-0.15, -0.1) is 0 Å². The Morgan fingerprint density at radius 1 is 1.37 bits per heavy atom. The van der Waals surface area contributed by atoms with E-state index < -0.39 is 0 Å². The largest absolute Gasteiger partial charge is 0.446 e. The van der Waals surface area contributed by atoms with E-state index in [1.54, 1.807) is 4.90 Å². The van der Waals surface area contributed by atoms with Gasteiger partial charge in [0.05, 0.1) is 6.54 Å². The van der Waals surface area contributed by atoms with E-state index in [1.165, 1.54) is 13.2 Å². The Bertz CT molecular complexity index is 452. The number of amides is 2. The van der Waals surface area contributed by atoms with Crippen LogP contribution in [0.5, 0.6) is 0 Å². The van der Waals surface area contributed by atoms with Crippen LogP contribution in [0.25, 0.3) is 0 Å². The molecule has 0 radical (unpaired) electrons. The van der Waals surface area contributed by atoms with Crippen LogP contribution in [0.4, 0.5) is 0 Å². The first-order chi connectivity index (χ1) is 8.81. The van der Waals surface area contributed by atoms with Gasteiger partial charge in [0, 0.05) is 19.0 Å². The lowest BCUT2D eigenvalue weighted by atomic mass is 10.3. The standard InChI is InChI=1S/C13H21N3O3/c1-8(2)14-13(18)11-7-19-12(15-11)6-16(9(3)4)10(5)17/h7-9H,6H2,1-5H3,(H,14,18). The number of oxazole rings is 1. The van der Waals surface area contributed by atoms with Crippen molar-refractivity contribution in [3.05, 3.63) is 17.8 Å². The zero-order valence-electron chi connectivity index (χ0n) is 12.1. The highest BCUT2D eigenvalue weighted by Gasteiger charge is 2.18. The van der Waals surface area contributed by atoms with Crippen LogP contribution in [-0.4, -0.2) is 33.8 Å². The van der Waals surface area contributed by atoms with Gasteiger partial charge in [-0.1, -0.05) is 0 Å². The van der Waals surface area contributed by atoms with Gasteiger partial charge in [0.1, 0.15) is 6.26 Å². The van der Waals surface area contributed by atoms with Gasteiger partial charge in [-0.25, -0.2) is 4.98 Å². The molecule has 0 saturated carbocycles. The molecule has 0 unspecified atom stereocenters. The van der Waals surface area contributed by atoms with E-state index in [0.717, 1.165) is 0 Å². The molecule has 0 fully saturated rings. The van der Waals surface area contributed by atoms with Gasteiger partial charge in [-0.3, -0.25) is 9.59 Å². The molecule has 1 rings (SSSR count). The Kier molecular flexibility index (Phi) is 5.09. The highest BCUT2D eigenvalue weighted by molar-refractivity contribution is 5.92. The summed E-state index contributed by atoms with van der Waals surface area (Å²) in [5.74, 6) is 0.0307. The highest BCUT2D eigenvalue weighted by Crippen LogP contribution is 2.09. The SMILES string of the molecule is CC(=O)N(Cc1nc(C(=O)NC(C)C)co1)C(C)C. The maximum absolute atomic E-state index is 11.7. The average molecular weight is 267 g/mol. The van der Waals surface area contributed by atoms with Crippen LogP contribution in [-0.2, 0) is 11.3 Å². The molecule has 1 aromatic rings. The second kappa shape index (κ2) is 6.36. The molecule has 0 aromatic carbocycles. The first kappa shape index (κ1) is 15.2. The zero-order valence-corrected chi connectivity index (χ0v) is 12.1. The minimum absolute atomic E-state index is 0.0389. The monoisotopic (exact) mass is 267 g/mol. The topological polar surface area (TPSA) is 75.4 Å². The van der Waals surface area contributed by atoms with E-state index >= 15 is 0 Å². The van der Waals surface area contributed by atoms with E-state index in [2.05, 4.69) is 10.3 Å². The smallest absolute Gasteiger partial charge is 0.273 e. The Labute approximate surface area is 113 Å². The second-order valence-corrected chi connectivity index (χ2v) is 5.00. The molecule has 0 aliphatic carbocycles. The summed E-state index contributed by atoms with van der Waals surface area (Å²) in [5, 5.41) is 2.73. The average Bonchev–Trinajstić information content (AvgIpc) is 2.72. The molecule has 106 valence electrons. The first-order valence-electron chi connectivity index (χ1n) is 6.33. The molecule has 0 saturated heterocycles. The summed E-state index contributed by atoms with van der Waals surface area (Å²) in [5.41, 5.74) is 0.232. The summed E-state index contributed by atoms with van der Waals surface area (Å²) >= 11 is 0. The third-order valence-corrected chi connectivity index (χ3v) is 2.54. The van der Waals surface area contributed by atoms with Crippen LogP contribution >= 0.6 is 0 Å². The predicted octanol–water partition coefficient (Wildman–Crippen LogP) is 1.57. The number of carbonyl (C=O) groups is 2. The van der Waals surface area contributed by atoms with Gasteiger partial charge in [0.25, 0.3) is 5.91 Å². The summed E-state index contributed by atoms with van der Waals surface area (Å²) in [6.07, 6.45) is 1.31. The fourth-order valence-electron chi connectivity index (χ4n) is 1.63. The quantitative estimate of drug-likeness (QED) is 0.878. The van der Waals surface area contributed by atoms with Crippen LogP contribution < -0.4 is 5.32 Å². The third-order valence-electron chi connectivity index (χ3n) is 2.54. The number of hydrogen-bond donors (Lipinski definition) is 1. The maximum atomic E-state index is 11.7. The highest BCUT2D eigenvalue weighted by atomic mass is 16.3. The van der Waals surface area contributed by atoms with Crippen molar-refractivity contribution in [2.75, 3.05) is 0 Å². The summed E-state index contributed by atoms with van der Waals surface area (Å²) in [7, 11) is 0. The van der Waals surface area contributed by atoms with Crippen molar-refractivity contribution in [3.63, 3.8) is 0 Å². The molecular formula is C13H21N3O3. The van der Waals surface area contributed by atoms with Gasteiger partial charge >= 0.3 is 0 Å². The van der Waals surface area contributed by atoms with Gasteiger partial charge in [-0.2, -0.15) is 0 Å². The number of rotatable bonds is 5. The van der Waals surface area contributed by atoms with Gasteiger partial charge in [-0.05, 0) is 27.7 Å². The predicted molar refractivity (Wildman–Crippen MR) is 70.5 cm³/mol. The number of hydrogen-bond acceptors (Lipinski definition) is 4. The Balaban J connectivity index is 2.74. The molecule has 0 aliphatic heterocycles. The van der Waals surface area contributed by atoms with E-state index in [9.17, 15) is 9.59 Å². The van der Waals surface area contributed by atoms with Crippen LogP contribution in [0.2, 0.25) is 0 Å². The van der Waals surface area contributed by atoms with Crippen LogP contribution in [0, 0.1) is 0 Å². The zero-order chi connectivity index (χ0) is 14.6. The van der Waals surface area contributed by atoms with Crippen molar-refractivity contribution >= 4 is 11.8 Å². The van der Waals surface area contributed by atoms with Crippen LogP contribution in [0.15, 0.2) is 10.7 Å². The molecule has 1 N–H and O–H groups in total. The minimum Gasteiger partial charge on any atom is -0.446 e. The Morgan fingerprint density at radius 3 is 2.47 bits per heavy atom. The fraction of sp³-hybridized carbons (Fsp3) is 0.615. The first-order valence-corrected chi connectivity index (χ1v) is 6.33. The second-order valence-electron chi connectivity index (χ2n) is 5.00. The summed E-state index contributed by atoms with van der Waals surface area (Å²) in [6, 6.07) is 0.0920. The molecule has 6 heteroatoms. The molecule has 0 bridgehead atoms.